The summed E-state index contributed by atoms with van der Waals surface area (Å²) in [4.78, 5) is 25.7. The Morgan fingerprint density at radius 1 is 1.19 bits per heavy atom. The van der Waals surface area contributed by atoms with Crippen molar-refractivity contribution in [3.63, 3.8) is 0 Å². The fourth-order valence-corrected chi connectivity index (χ4v) is 3.82. The van der Waals surface area contributed by atoms with E-state index in [-0.39, 0.29) is 53.1 Å². The van der Waals surface area contributed by atoms with Crippen LogP contribution >= 0.6 is 11.6 Å². The fourth-order valence-electron chi connectivity index (χ4n) is 3.59. The molecule has 1 aliphatic carbocycles. The maximum atomic E-state index is 13.5. The number of halogens is 1. The summed E-state index contributed by atoms with van der Waals surface area (Å²) in [5.41, 5.74) is 7.38. The van der Waals surface area contributed by atoms with Gasteiger partial charge >= 0.3 is 0 Å². The second-order valence-electron chi connectivity index (χ2n) is 7.34. The third-order valence-electron chi connectivity index (χ3n) is 5.16. The van der Waals surface area contributed by atoms with Crippen LogP contribution in [0.2, 0.25) is 5.02 Å². The Balaban J connectivity index is 2.04. The van der Waals surface area contributed by atoms with Gasteiger partial charge in [-0.05, 0) is 23.6 Å². The molecule has 0 spiro atoms. The van der Waals surface area contributed by atoms with Crippen molar-refractivity contribution < 1.29 is 28.9 Å². The van der Waals surface area contributed by atoms with Crippen molar-refractivity contribution in [2.45, 2.75) is 26.4 Å². The Labute approximate surface area is 185 Å². The van der Waals surface area contributed by atoms with Gasteiger partial charge in [0.25, 0.3) is 0 Å². The number of carbonyl (C=O) groups is 2. The Kier molecular flexibility index (Phi) is 6.75. The van der Waals surface area contributed by atoms with Crippen LogP contribution in [0.15, 0.2) is 41.7 Å². The molecule has 1 unspecified atom stereocenters. The number of phenols is 1. The molecule has 1 atom stereocenters. The lowest BCUT2D eigenvalue weighted by Crippen LogP contribution is -2.24. The molecule has 0 saturated heterocycles. The Morgan fingerprint density at radius 2 is 1.84 bits per heavy atom. The number of phenolic OH excluding ortho intramolecular Hbond substituents is 1. The predicted molar refractivity (Wildman–Crippen MR) is 117 cm³/mol. The number of benzene rings is 2. The topological polar surface area (TPSA) is 108 Å². The third kappa shape index (κ3) is 4.61. The van der Waals surface area contributed by atoms with Gasteiger partial charge in [-0.3, -0.25) is 9.59 Å². The molecule has 0 aromatic heterocycles. The van der Waals surface area contributed by atoms with Crippen molar-refractivity contribution in [1.29, 1.82) is 0 Å². The van der Waals surface area contributed by atoms with Gasteiger partial charge in [-0.1, -0.05) is 30.7 Å². The first-order valence-electron chi connectivity index (χ1n) is 9.66. The highest BCUT2D eigenvalue weighted by Crippen LogP contribution is 2.44. The second-order valence-corrected chi connectivity index (χ2v) is 7.71. The van der Waals surface area contributed by atoms with Crippen LogP contribution in [0, 0.1) is 5.92 Å². The number of hydrogen-bond donors (Lipinski definition) is 2. The standard InChI is InChI=1S/C23H24ClNO6/c1-12-8-15(26)9-17(31-11-13-4-6-14(25)7-5-13)19(12)22(27)20-16(29-2)10-18(30-3)21(24)23(20)28/h4-7,10,12,28H,8-9,11,25H2,1-3H3. The summed E-state index contributed by atoms with van der Waals surface area (Å²) in [5.74, 6) is -0.825. The Hall–Kier alpha value is -3.19. The second kappa shape index (κ2) is 9.31. The van der Waals surface area contributed by atoms with E-state index in [2.05, 4.69) is 0 Å². The van der Waals surface area contributed by atoms with Gasteiger partial charge in [0.05, 0.1) is 20.6 Å². The Morgan fingerprint density at radius 3 is 2.45 bits per heavy atom. The minimum Gasteiger partial charge on any atom is -0.505 e. The van der Waals surface area contributed by atoms with Crippen LogP contribution in [0.25, 0.3) is 0 Å². The van der Waals surface area contributed by atoms with E-state index in [1.54, 1.807) is 19.1 Å². The molecule has 0 aliphatic heterocycles. The van der Waals surface area contributed by atoms with Crippen LogP contribution in [-0.2, 0) is 16.1 Å². The Bertz CT molecular complexity index is 1050. The summed E-state index contributed by atoms with van der Waals surface area (Å²) >= 11 is 6.17. The van der Waals surface area contributed by atoms with Crippen molar-refractivity contribution in [2.24, 2.45) is 5.92 Å². The monoisotopic (exact) mass is 445 g/mol. The molecule has 8 heteroatoms. The molecule has 0 bridgehead atoms. The van der Waals surface area contributed by atoms with Crippen molar-refractivity contribution in [3.8, 4) is 17.2 Å². The van der Waals surface area contributed by atoms with E-state index in [1.807, 2.05) is 12.1 Å². The number of anilines is 1. The van der Waals surface area contributed by atoms with Crippen LogP contribution in [-0.4, -0.2) is 30.9 Å². The molecule has 0 radical (unpaired) electrons. The first kappa shape index (κ1) is 22.5. The van der Waals surface area contributed by atoms with Crippen molar-refractivity contribution >= 4 is 28.9 Å². The van der Waals surface area contributed by atoms with E-state index in [0.29, 0.717) is 11.3 Å². The average Bonchev–Trinajstić information content (AvgIpc) is 2.74. The van der Waals surface area contributed by atoms with E-state index < -0.39 is 17.5 Å². The zero-order valence-corrected chi connectivity index (χ0v) is 18.3. The molecular formula is C23H24ClNO6. The van der Waals surface area contributed by atoms with Crippen LogP contribution < -0.4 is 15.2 Å². The van der Waals surface area contributed by atoms with Gasteiger partial charge < -0.3 is 25.1 Å². The number of hydrogen-bond acceptors (Lipinski definition) is 7. The lowest BCUT2D eigenvalue weighted by Gasteiger charge is -2.25. The predicted octanol–water partition coefficient (Wildman–Crippen LogP) is 4.30. The molecule has 2 aromatic carbocycles. The maximum absolute atomic E-state index is 13.5. The minimum absolute atomic E-state index is 0.00660. The summed E-state index contributed by atoms with van der Waals surface area (Å²) in [6.07, 6.45) is 0.191. The number of ether oxygens (including phenoxy) is 3. The van der Waals surface area contributed by atoms with Crippen LogP contribution in [0.1, 0.15) is 35.7 Å². The average molecular weight is 446 g/mol. The molecule has 1 aliphatic rings. The maximum Gasteiger partial charge on any atom is 0.200 e. The van der Waals surface area contributed by atoms with E-state index in [1.165, 1.54) is 20.3 Å². The van der Waals surface area contributed by atoms with Crippen LogP contribution in [0.4, 0.5) is 5.69 Å². The van der Waals surface area contributed by atoms with Crippen molar-refractivity contribution in [2.75, 3.05) is 20.0 Å². The number of carbonyl (C=O) groups excluding carboxylic acids is 2. The first-order valence-corrected chi connectivity index (χ1v) is 10.0. The molecule has 164 valence electrons. The number of Topliss-reactive ketones (excluding diaryl/α,β-unsaturated/α-hetero) is 2. The molecular weight excluding hydrogens is 422 g/mol. The molecule has 0 amide bonds. The van der Waals surface area contributed by atoms with Crippen molar-refractivity contribution in [1.82, 2.24) is 0 Å². The number of allylic oxidation sites excluding steroid dienone is 2. The smallest absolute Gasteiger partial charge is 0.200 e. The van der Waals surface area contributed by atoms with Gasteiger partial charge in [-0.15, -0.1) is 0 Å². The molecule has 0 fully saturated rings. The molecule has 3 N–H and O–H groups in total. The van der Waals surface area contributed by atoms with Gasteiger partial charge in [0.1, 0.15) is 40.2 Å². The largest absolute Gasteiger partial charge is 0.505 e. The highest BCUT2D eigenvalue weighted by atomic mass is 35.5. The number of methoxy groups -OCH3 is 2. The van der Waals surface area contributed by atoms with E-state index in [4.69, 9.17) is 31.5 Å². The fraction of sp³-hybridized carbons (Fsp3) is 0.304. The summed E-state index contributed by atoms with van der Waals surface area (Å²) in [5, 5.41) is 10.5. The van der Waals surface area contributed by atoms with E-state index >= 15 is 0 Å². The van der Waals surface area contributed by atoms with E-state index in [0.717, 1.165) is 5.56 Å². The number of ketones is 2. The van der Waals surface area contributed by atoms with Gasteiger partial charge in [0.15, 0.2) is 11.5 Å². The molecule has 0 heterocycles. The molecule has 0 saturated carbocycles. The van der Waals surface area contributed by atoms with Crippen LogP contribution in [0.3, 0.4) is 0 Å². The zero-order chi connectivity index (χ0) is 22.7. The van der Waals surface area contributed by atoms with E-state index in [9.17, 15) is 14.7 Å². The van der Waals surface area contributed by atoms with Crippen LogP contribution in [0.5, 0.6) is 17.2 Å². The molecule has 3 rings (SSSR count). The van der Waals surface area contributed by atoms with Gasteiger partial charge in [-0.25, -0.2) is 0 Å². The number of rotatable bonds is 7. The van der Waals surface area contributed by atoms with Gasteiger partial charge in [-0.2, -0.15) is 0 Å². The van der Waals surface area contributed by atoms with Crippen molar-refractivity contribution in [3.05, 3.63) is 57.8 Å². The first-order chi connectivity index (χ1) is 14.8. The van der Waals surface area contributed by atoms with Gasteiger partial charge in [0, 0.05) is 23.7 Å². The number of nitrogens with two attached hydrogens (primary N) is 1. The lowest BCUT2D eigenvalue weighted by molar-refractivity contribution is -0.120. The molecule has 7 nitrogen and oxygen atoms in total. The van der Waals surface area contributed by atoms with Gasteiger partial charge in [0.2, 0.25) is 0 Å². The highest BCUT2D eigenvalue weighted by Gasteiger charge is 2.35. The molecule has 31 heavy (non-hydrogen) atoms. The summed E-state index contributed by atoms with van der Waals surface area (Å²) in [6.45, 7) is 1.93. The summed E-state index contributed by atoms with van der Waals surface area (Å²) < 4.78 is 16.3. The molecule has 2 aromatic rings. The minimum atomic E-state index is -0.508. The summed E-state index contributed by atoms with van der Waals surface area (Å²) in [7, 11) is 2.77. The quantitative estimate of drug-likeness (QED) is 0.483. The third-order valence-corrected chi connectivity index (χ3v) is 5.52. The summed E-state index contributed by atoms with van der Waals surface area (Å²) in [6, 6.07) is 8.54. The normalized spacial score (nSPS) is 16.3. The SMILES string of the molecule is COc1cc(OC)c(C(=O)C2=C(OCc3ccc(N)cc3)CC(=O)CC2C)c(O)c1Cl. The number of aromatic hydroxyl groups is 1. The zero-order valence-electron chi connectivity index (χ0n) is 17.5. The number of nitrogen functional groups attached to an aromatic ring is 1. The highest BCUT2D eigenvalue weighted by molar-refractivity contribution is 6.34. The lowest BCUT2D eigenvalue weighted by atomic mass is 9.82.